The molecular formula is C22H25FN2O2. The van der Waals surface area contributed by atoms with Crippen LogP contribution in [0.25, 0.3) is 0 Å². The van der Waals surface area contributed by atoms with Crippen LogP contribution in [0.15, 0.2) is 61.2 Å². The van der Waals surface area contributed by atoms with Gasteiger partial charge < -0.3 is 10.1 Å². The van der Waals surface area contributed by atoms with E-state index in [0.29, 0.717) is 13.2 Å². The summed E-state index contributed by atoms with van der Waals surface area (Å²) in [6.07, 6.45) is 3.55. The predicted molar refractivity (Wildman–Crippen MR) is 105 cm³/mol. The Bertz CT molecular complexity index is 759. The maximum atomic E-state index is 13.0. The van der Waals surface area contributed by atoms with Crippen molar-refractivity contribution in [3.63, 3.8) is 0 Å². The molecule has 2 aromatic rings. The quantitative estimate of drug-likeness (QED) is 0.743. The first kappa shape index (κ1) is 19.1. The molecule has 0 radical (unpaired) electrons. The minimum atomic E-state index is -0.226. The number of halogens is 1. The van der Waals surface area contributed by atoms with Gasteiger partial charge >= 0.3 is 0 Å². The molecule has 0 aliphatic carbocycles. The number of nitrogens with zero attached hydrogens (tertiary/aromatic N) is 1. The Kier molecular flexibility index (Phi) is 6.60. The van der Waals surface area contributed by atoms with Gasteiger partial charge in [-0.3, -0.25) is 9.69 Å². The van der Waals surface area contributed by atoms with Gasteiger partial charge in [-0.25, -0.2) is 4.39 Å². The molecule has 0 bridgehead atoms. The molecule has 27 heavy (non-hydrogen) atoms. The van der Waals surface area contributed by atoms with Gasteiger partial charge in [0.15, 0.2) is 0 Å². The van der Waals surface area contributed by atoms with E-state index in [1.54, 1.807) is 18.2 Å². The predicted octanol–water partition coefficient (Wildman–Crippen LogP) is 4.24. The van der Waals surface area contributed by atoms with Gasteiger partial charge in [0.1, 0.15) is 18.2 Å². The van der Waals surface area contributed by atoms with Crippen LogP contribution in [0.3, 0.4) is 0 Å². The molecule has 0 unspecified atom stereocenters. The summed E-state index contributed by atoms with van der Waals surface area (Å²) in [5, 5.41) is 3.00. The van der Waals surface area contributed by atoms with Gasteiger partial charge in [-0.15, -0.1) is 0 Å². The van der Waals surface area contributed by atoms with Crippen molar-refractivity contribution in [2.75, 3.05) is 25.0 Å². The standard InChI is InChI=1S/C22H25FN2O2/c1-2-14-27-21-11-9-20(10-12-21)24-22(26)18-4-3-13-25(16-18)15-17-5-7-19(23)8-6-17/h2,5-12,18H,1,3-4,13-16H2,(H,24,26)/t18-/m0/s1. The zero-order chi connectivity index (χ0) is 19.1. The summed E-state index contributed by atoms with van der Waals surface area (Å²) in [5.41, 5.74) is 1.83. The number of nitrogens with one attached hydrogen (secondary N) is 1. The normalized spacial score (nSPS) is 17.3. The summed E-state index contributed by atoms with van der Waals surface area (Å²) in [6, 6.07) is 13.9. The summed E-state index contributed by atoms with van der Waals surface area (Å²) in [5.74, 6) is 0.515. The summed E-state index contributed by atoms with van der Waals surface area (Å²) in [4.78, 5) is 14.9. The Labute approximate surface area is 159 Å². The smallest absolute Gasteiger partial charge is 0.228 e. The van der Waals surface area contributed by atoms with E-state index < -0.39 is 0 Å². The Balaban J connectivity index is 1.53. The molecule has 4 nitrogen and oxygen atoms in total. The number of amides is 1. The molecule has 1 heterocycles. The van der Waals surface area contributed by atoms with Gasteiger partial charge in [0.25, 0.3) is 0 Å². The highest BCUT2D eigenvalue weighted by Gasteiger charge is 2.25. The highest BCUT2D eigenvalue weighted by Crippen LogP contribution is 2.22. The van der Waals surface area contributed by atoms with Crippen LogP contribution in [0, 0.1) is 11.7 Å². The average molecular weight is 368 g/mol. The molecule has 0 aromatic heterocycles. The van der Waals surface area contributed by atoms with Crippen molar-refractivity contribution in [1.82, 2.24) is 4.90 Å². The van der Waals surface area contributed by atoms with Gasteiger partial charge in [-0.05, 0) is 61.3 Å². The molecule has 1 N–H and O–H groups in total. The van der Waals surface area contributed by atoms with Crippen molar-refractivity contribution >= 4 is 11.6 Å². The highest BCUT2D eigenvalue weighted by atomic mass is 19.1. The molecule has 3 rings (SSSR count). The van der Waals surface area contributed by atoms with E-state index in [-0.39, 0.29) is 17.6 Å². The van der Waals surface area contributed by atoms with Crippen molar-refractivity contribution in [3.05, 3.63) is 72.6 Å². The molecule has 2 aromatic carbocycles. The van der Waals surface area contributed by atoms with Gasteiger partial charge in [-0.2, -0.15) is 0 Å². The Morgan fingerprint density at radius 2 is 1.96 bits per heavy atom. The van der Waals surface area contributed by atoms with E-state index >= 15 is 0 Å². The molecule has 1 aliphatic rings. The van der Waals surface area contributed by atoms with Crippen molar-refractivity contribution in [3.8, 4) is 5.75 Å². The third kappa shape index (κ3) is 5.66. The van der Waals surface area contributed by atoms with Crippen LogP contribution in [0.1, 0.15) is 18.4 Å². The molecule has 1 atom stereocenters. The SMILES string of the molecule is C=CCOc1ccc(NC(=O)[C@H]2CCCN(Cc3ccc(F)cc3)C2)cc1. The minimum absolute atomic E-state index is 0.0403. The fourth-order valence-corrected chi connectivity index (χ4v) is 3.30. The highest BCUT2D eigenvalue weighted by molar-refractivity contribution is 5.92. The van der Waals surface area contributed by atoms with Crippen LogP contribution in [0.5, 0.6) is 5.75 Å². The van der Waals surface area contributed by atoms with Crippen LogP contribution in [0.2, 0.25) is 0 Å². The van der Waals surface area contributed by atoms with E-state index in [1.165, 1.54) is 12.1 Å². The molecule has 1 amide bonds. The van der Waals surface area contributed by atoms with E-state index in [2.05, 4.69) is 16.8 Å². The van der Waals surface area contributed by atoms with Crippen molar-refractivity contribution in [2.24, 2.45) is 5.92 Å². The minimum Gasteiger partial charge on any atom is -0.490 e. The number of hydrogen-bond donors (Lipinski definition) is 1. The first-order chi connectivity index (χ1) is 13.1. The monoisotopic (exact) mass is 368 g/mol. The lowest BCUT2D eigenvalue weighted by Crippen LogP contribution is -2.40. The largest absolute Gasteiger partial charge is 0.490 e. The Hall–Kier alpha value is -2.66. The number of rotatable bonds is 7. The molecule has 1 aliphatic heterocycles. The van der Waals surface area contributed by atoms with Gasteiger partial charge in [0.2, 0.25) is 5.91 Å². The van der Waals surface area contributed by atoms with Crippen molar-refractivity contribution in [2.45, 2.75) is 19.4 Å². The van der Waals surface area contributed by atoms with Crippen molar-refractivity contribution < 1.29 is 13.9 Å². The summed E-state index contributed by atoms with van der Waals surface area (Å²) < 4.78 is 18.5. The molecule has 142 valence electrons. The maximum absolute atomic E-state index is 13.0. The average Bonchev–Trinajstić information content (AvgIpc) is 2.69. The number of likely N-dealkylation sites (tertiary alicyclic amines) is 1. The van der Waals surface area contributed by atoms with Crippen LogP contribution >= 0.6 is 0 Å². The number of ether oxygens (including phenoxy) is 1. The van der Waals surface area contributed by atoms with Gasteiger partial charge in [0, 0.05) is 18.8 Å². The maximum Gasteiger partial charge on any atom is 0.228 e. The number of benzene rings is 2. The molecule has 0 spiro atoms. The molecule has 1 saturated heterocycles. The van der Waals surface area contributed by atoms with Crippen LogP contribution in [-0.2, 0) is 11.3 Å². The van der Waals surface area contributed by atoms with Crippen LogP contribution in [-0.4, -0.2) is 30.5 Å². The Morgan fingerprint density at radius 1 is 1.22 bits per heavy atom. The van der Waals surface area contributed by atoms with Crippen LogP contribution < -0.4 is 10.1 Å². The number of hydrogen-bond acceptors (Lipinski definition) is 3. The van der Waals surface area contributed by atoms with E-state index in [9.17, 15) is 9.18 Å². The second kappa shape index (κ2) is 9.33. The lowest BCUT2D eigenvalue weighted by atomic mass is 9.96. The molecule has 5 heteroatoms. The number of carbonyl (C=O) groups is 1. The number of carbonyl (C=O) groups excluding carboxylic acids is 1. The van der Waals surface area contributed by atoms with Crippen LogP contribution in [0.4, 0.5) is 10.1 Å². The van der Waals surface area contributed by atoms with E-state index in [4.69, 9.17) is 4.74 Å². The van der Waals surface area contributed by atoms with Gasteiger partial charge in [-0.1, -0.05) is 24.8 Å². The molecular weight excluding hydrogens is 343 g/mol. The topological polar surface area (TPSA) is 41.6 Å². The van der Waals surface area contributed by atoms with Gasteiger partial charge in [0.05, 0.1) is 5.92 Å². The van der Waals surface area contributed by atoms with E-state index in [1.807, 2.05) is 24.3 Å². The molecule has 0 saturated carbocycles. The fraction of sp³-hybridized carbons (Fsp3) is 0.318. The van der Waals surface area contributed by atoms with E-state index in [0.717, 1.165) is 42.9 Å². The number of anilines is 1. The zero-order valence-corrected chi connectivity index (χ0v) is 15.4. The summed E-state index contributed by atoms with van der Waals surface area (Å²) in [6.45, 7) is 6.48. The molecule has 1 fully saturated rings. The second-order valence-electron chi connectivity index (χ2n) is 6.81. The fourth-order valence-electron chi connectivity index (χ4n) is 3.30. The third-order valence-corrected chi connectivity index (χ3v) is 4.69. The Morgan fingerprint density at radius 3 is 2.67 bits per heavy atom. The first-order valence-corrected chi connectivity index (χ1v) is 9.25. The second-order valence-corrected chi connectivity index (χ2v) is 6.81. The number of piperidine rings is 1. The zero-order valence-electron chi connectivity index (χ0n) is 15.4. The third-order valence-electron chi connectivity index (χ3n) is 4.69. The summed E-state index contributed by atoms with van der Waals surface area (Å²) in [7, 11) is 0. The lowest BCUT2D eigenvalue weighted by molar-refractivity contribution is -0.121. The first-order valence-electron chi connectivity index (χ1n) is 9.25. The van der Waals surface area contributed by atoms with Crippen molar-refractivity contribution in [1.29, 1.82) is 0 Å². The lowest BCUT2D eigenvalue weighted by Gasteiger charge is -2.32. The summed E-state index contributed by atoms with van der Waals surface area (Å²) >= 11 is 0.